The first-order chi connectivity index (χ1) is 8.36. The molecule has 6 heteroatoms. The molecule has 2 N–H and O–H groups in total. The van der Waals surface area contributed by atoms with E-state index in [4.69, 9.17) is 0 Å². The van der Waals surface area contributed by atoms with Crippen molar-refractivity contribution in [2.24, 2.45) is 0 Å². The summed E-state index contributed by atoms with van der Waals surface area (Å²) in [6.45, 7) is 1.39. The van der Waals surface area contributed by atoms with Gasteiger partial charge in [-0.2, -0.15) is 13.2 Å². The van der Waals surface area contributed by atoms with Crippen LogP contribution in [0.25, 0.3) is 0 Å². The molecule has 0 aliphatic heterocycles. The molecule has 0 spiro atoms. The standard InChI is InChI=1S/C12H13F3N2O/c1-7-2-3-9(6-10(7)12(13,14)15)17-11(18)16-8-4-5-8/h2-3,6,8H,4-5H2,1H3,(H2,16,17,18). The number of carbonyl (C=O) groups is 1. The first-order valence-electron chi connectivity index (χ1n) is 5.61. The number of hydrogen-bond acceptors (Lipinski definition) is 1. The van der Waals surface area contributed by atoms with E-state index >= 15 is 0 Å². The number of nitrogens with one attached hydrogen (secondary N) is 2. The molecule has 1 aliphatic carbocycles. The monoisotopic (exact) mass is 258 g/mol. The largest absolute Gasteiger partial charge is 0.416 e. The highest BCUT2D eigenvalue weighted by atomic mass is 19.4. The highest BCUT2D eigenvalue weighted by Crippen LogP contribution is 2.33. The van der Waals surface area contributed by atoms with Crippen LogP contribution in [0.15, 0.2) is 18.2 Å². The van der Waals surface area contributed by atoms with Gasteiger partial charge in [0.1, 0.15) is 0 Å². The van der Waals surface area contributed by atoms with Gasteiger partial charge in [-0.25, -0.2) is 4.79 Å². The van der Waals surface area contributed by atoms with Gasteiger partial charge in [0.15, 0.2) is 0 Å². The van der Waals surface area contributed by atoms with Gasteiger partial charge in [-0.3, -0.25) is 0 Å². The average Bonchev–Trinajstić information content (AvgIpc) is 3.03. The Bertz CT molecular complexity index is 467. The Kier molecular flexibility index (Phi) is 3.19. The SMILES string of the molecule is Cc1ccc(NC(=O)NC2CC2)cc1C(F)(F)F. The third kappa shape index (κ3) is 3.15. The van der Waals surface area contributed by atoms with Crippen molar-refractivity contribution in [1.82, 2.24) is 5.32 Å². The summed E-state index contributed by atoms with van der Waals surface area (Å²) >= 11 is 0. The van der Waals surface area contributed by atoms with Crippen molar-refractivity contribution in [2.75, 3.05) is 5.32 Å². The first-order valence-corrected chi connectivity index (χ1v) is 5.61. The second-order valence-electron chi connectivity index (χ2n) is 4.40. The van der Waals surface area contributed by atoms with Crippen molar-refractivity contribution in [1.29, 1.82) is 0 Å². The summed E-state index contributed by atoms with van der Waals surface area (Å²) in [5.74, 6) is 0. The van der Waals surface area contributed by atoms with E-state index in [1.165, 1.54) is 19.1 Å². The number of anilines is 1. The van der Waals surface area contributed by atoms with Crippen molar-refractivity contribution in [3.63, 3.8) is 0 Å². The van der Waals surface area contributed by atoms with Crippen LogP contribution < -0.4 is 10.6 Å². The van der Waals surface area contributed by atoms with E-state index in [1.807, 2.05) is 0 Å². The Labute approximate surface area is 102 Å². The molecule has 0 heterocycles. The predicted octanol–water partition coefficient (Wildman–Crippen LogP) is 3.30. The smallest absolute Gasteiger partial charge is 0.335 e. The van der Waals surface area contributed by atoms with E-state index in [0.717, 1.165) is 18.9 Å². The summed E-state index contributed by atoms with van der Waals surface area (Å²) in [6.07, 6.45) is -2.56. The maximum Gasteiger partial charge on any atom is 0.416 e. The number of aryl methyl sites for hydroxylation is 1. The first kappa shape index (κ1) is 12.7. The topological polar surface area (TPSA) is 41.1 Å². The van der Waals surface area contributed by atoms with E-state index < -0.39 is 17.8 Å². The fourth-order valence-electron chi connectivity index (χ4n) is 1.59. The Morgan fingerprint density at radius 1 is 1.33 bits per heavy atom. The number of alkyl halides is 3. The van der Waals surface area contributed by atoms with Crippen LogP contribution in [0.2, 0.25) is 0 Å². The van der Waals surface area contributed by atoms with E-state index in [-0.39, 0.29) is 17.3 Å². The molecule has 0 unspecified atom stereocenters. The van der Waals surface area contributed by atoms with Crippen LogP contribution in [-0.2, 0) is 6.18 Å². The number of benzene rings is 1. The lowest BCUT2D eigenvalue weighted by Crippen LogP contribution is -2.30. The fraction of sp³-hybridized carbons (Fsp3) is 0.417. The van der Waals surface area contributed by atoms with Gasteiger partial charge in [0.25, 0.3) is 0 Å². The molecule has 1 aromatic carbocycles. The molecule has 0 aromatic heterocycles. The third-order valence-corrected chi connectivity index (χ3v) is 2.71. The maximum atomic E-state index is 12.7. The molecule has 0 radical (unpaired) electrons. The fourth-order valence-corrected chi connectivity index (χ4v) is 1.59. The van der Waals surface area contributed by atoms with Crippen LogP contribution >= 0.6 is 0 Å². The second kappa shape index (κ2) is 4.51. The highest BCUT2D eigenvalue weighted by molar-refractivity contribution is 5.89. The average molecular weight is 258 g/mol. The van der Waals surface area contributed by atoms with Crippen LogP contribution in [0, 0.1) is 6.92 Å². The van der Waals surface area contributed by atoms with Gasteiger partial charge in [0, 0.05) is 11.7 Å². The van der Waals surface area contributed by atoms with E-state index in [2.05, 4.69) is 10.6 Å². The lowest BCUT2D eigenvalue weighted by molar-refractivity contribution is -0.138. The van der Waals surface area contributed by atoms with Crippen LogP contribution in [0.1, 0.15) is 24.0 Å². The van der Waals surface area contributed by atoms with Gasteiger partial charge in [-0.05, 0) is 37.5 Å². The highest BCUT2D eigenvalue weighted by Gasteiger charge is 2.32. The van der Waals surface area contributed by atoms with Crippen molar-refractivity contribution in [2.45, 2.75) is 32.0 Å². The van der Waals surface area contributed by atoms with Crippen LogP contribution in [0.3, 0.4) is 0 Å². The van der Waals surface area contributed by atoms with Gasteiger partial charge in [-0.15, -0.1) is 0 Å². The van der Waals surface area contributed by atoms with Gasteiger partial charge in [0.2, 0.25) is 0 Å². The normalized spacial score (nSPS) is 15.3. The number of carbonyl (C=O) groups excluding carboxylic acids is 1. The quantitative estimate of drug-likeness (QED) is 0.839. The maximum absolute atomic E-state index is 12.7. The molecule has 1 aromatic rings. The summed E-state index contributed by atoms with van der Waals surface area (Å²) in [6, 6.07) is 3.45. The lowest BCUT2D eigenvalue weighted by atomic mass is 10.1. The zero-order valence-electron chi connectivity index (χ0n) is 9.77. The van der Waals surface area contributed by atoms with E-state index in [0.29, 0.717) is 0 Å². The minimum atomic E-state index is -4.41. The number of amides is 2. The van der Waals surface area contributed by atoms with Gasteiger partial charge >= 0.3 is 12.2 Å². The Morgan fingerprint density at radius 2 is 2.00 bits per heavy atom. The van der Waals surface area contributed by atoms with Crippen molar-refractivity contribution in [3.8, 4) is 0 Å². The minimum absolute atomic E-state index is 0.135. The molecule has 2 rings (SSSR count). The van der Waals surface area contributed by atoms with Gasteiger partial charge < -0.3 is 10.6 Å². The summed E-state index contributed by atoms with van der Waals surface area (Å²) in [5.41, 5.74) is -0.451. The summed E-state index contributed by atoms with van der Waals surface area (Å²) in [4.78, 5) is 11.4. The number of halogens is 3. The van der Waals surface area contributed by atoms with Crippen molar-refractivity contribution in [3.05, 3.63) is 29.3 Å². The molecule has 1 fully saturated rings. The molecular weight excluding hydrogens is 245 g/mol. The lowest BCUT2D eigenvalue weighted by Gasteiger charge is -2.13. The van der Waals surface area contributed by atoms with Crippen LogP contribution in [0.4, 0.5) is 23.7 Å². The summed E-state index contributed by atoms with van der Waals surface area (Å²) in [7, 11) is 0. The molecule has 1 saturated carbocycles. The van der Waals surface area contributed by atoms with E-state index in [9.17, 15) is 18.0 Å². The summed E-state index contributed by atoms with van der Waals surface area (Å²) in [5, 5.41) is 5.05. The van der Waals surface area contributed by atoms with Crippen LogP contribution in [-0.4, -0.2) is 12.1 Å². The molecule has 0 saturated heterocycles. The molecule has 0 bridgehead atoms. The van der Waals surface area contributed by atoms with Crippen LogP contribution in [0.5, 0.6) is 0 Å². The predicted molar refractivity (Wildman–Crippen MR) is 61.4 cm³/mol. The zero-order valence-corrected chi connectivity index (χ0v) is 9.77. The molecule has 2 amide bonds. The number of rotatable bonds is 2. The van der Waals surface area contributed by atoms with E-state index in [1.54, 1.807) is 0 Å². The van der Waals surface area contributed by atoms with Gasteiger partial charge in [-0.1, -0.05) is 6.07 Å². The number of hydrogen-bond donors (Lipinski definition) is 2. The minimum Gasteiger partial charge on any atom is -0.335 e. The van der Waals surface area contributed by atoms with Gasteiger partial charge in [0.05, 0.1) is 5.56 Å². The molecule has 98 valence electrons. The molecular formula is C12H13F3N2O. The third-order valence-electron chi connectivity index (χ3n) is 2.71. The van der Waals surface area contributed by atoms with Crippen molar-refractivity contribution < 1.29 is 18.0 Å². The Hall–Kier alpha value is -1.72. The molecule has 1 aliphatic rings. The molecule has 18 heavy (non-hydrogen) atoms. The Balaban J connectivity index is 2.11. The Morgan fingerprint density at radius 3 is 2.56 bits per heavy atom. The number of urea groups is 1. The summed E-state index contributed by atoms with van der Waals surface area (Å²) < 4.78 is 38.0. The second-order valence-corrected chi connectivity index (χ2v) is 4.40. The van der Waals surface area contributed by atoms with Crippen molar-refractivity contribution >= 4 is 11.7 Å². The molecule has 3 nitrogen and oxygen atoms in total. The zero-order chi connectivity index (χ0) is 13.3. The molecule has 0 atom stereocenters.